The monoisotopic (exact) mass is 313 g/mol. The molecule has 4 nitrogen and oxygen atoms in total. The Balaban J connectivity index is 3.18. The molecular weight excluding hydrogens is 300 g/mol. The molecule has 0 heterocycles. The molecule has 0 amide bonds. The van der Waals surface area contributed by atoms with Crippen LogP contribution in [0.4, 0.5) is 8.78 Å². The minimum atomic E-state index is -4.14. The zero-order valence-electron chi connectivity index (χ0n) is 10.2. The lowest BCUT2D eigenvalue weighted by molar-refractivity contribution is 0.113. The van der Waals surface area contributed by atoms with Crippen molar-refractivity contribution in [1.82, 2.24) is 4.31 Å². The van der Waals surface area contributed by atoms with Crippen molar-refractivity contribution in [3.8, 4) is 0 Å². The number of halogens is 3. The fraction of sp³-hybridized carbons (Fsp3) is 0.455. The highest BCUT2D eigenvalue weighted by Crippen LogP contribution is 2.25. The predicted molar refractivity (Wildman–Crippen MR) is 68.0 cm³/mol. The van der Waals surface area contributed by atoms with Crippen LogP contribution in [0.3, 0.4) is 0 Å². The lowest BCUT2D eigenvalue weighted by Crippen LogP contribution is -2.37. The molecule has 1 aromatic rings. The van der Waals surface area contributed by atoms with Crippen LogP contribution in [0, 0.1) is 6.92 Å². The Kier molecular flexibility index (Phi) is 5.66. The maximum Gasteiger partial charge on any atom is 0.252 e. The van der Waals surface area contributed by atoms with Crippen LogP contribution in [0.25, 0.3) is 0 Å². The molecule has 108 valence electrons. The summed E-state index contributed by atoms with van der Waals surface area (Å²) in [6.07, 6.45) is -2.83. The van der Waals surface area contributed by atoms with E-state index in [0.717, 1.165) is 5.56 Å². The van der Waals surface area contributed by atoms with Gasteiger partial charge < -0.3 is 5.11 Å². The van der Waals surface area contributed by atoms with E-state index in [1.165, 1.54) is 18.2 Å². The Morgan fingerprint density at radius 1 is 1.42 bits per heavy atom. The average molecular weight is 314 g/mol. The first-order valence-corrected chi connectivity index (χ1v) is 7.26. The SMILES string of the molecule is Cc1ccc(S(=O)(=O)N(CCO)CC(F)F)c(Cl)c1. The molecule has 0 saturated heterocycles. The minimum absolute atomic E-state index is 0.0304. The molecule has 0 atom stereocenters. The second-order valence-corrected chi connectivity index (χ2v) is 6.23. The first-order chi connectivity index (χ1) is 8.78. The van der Waals surface area contributed by atoms with Crippen molar-refractivity contribution in [2.75, 3.05) is 19.7 Å². The van der Waals surface area contributed by atoms with Crippen molar-refractivity contribution in [2.24, 2.45) is 0 Å². The van der Waals surface area contributed by atoms with Crippen LogP contribution in [0.1, 0.15) is 5.56 Å². The predicted octanol–water partition coefficient (Wildman–Crippen LogP) is 1.90. The smallest absolute Gasteiger partial charge is 0.252 e. The number of aliphatic hydroxyl groups is 1. The zero-order valence-corrected chi connectivity index (χ0v) is 11.8. The molecule has 19 heavy (non-hydrogen) atoms. The second-order valence-electron chi connectivity index (χ2n) is 3.91. The normalized spacial score (nSPS) is 12.4. The molecule has 0 aliphatic carbocycles. The van der Waals surface area contributed by atoms with Crippen molar-refractivity contribution in [3.63, 3.8) is 0 Å². The Hall–Kier alpha value is -0.760. The van der Waals surface area contributed by atoms with Crippen molar-refractivity contribution >= 4 is 21.6 Å². The molecule has 0 fully saturated rings. The summed E-state index contributed by atoms with van der Waals surface area (Å²) in [6.45, 7) is -0.202. The number of aliphatic hydroxyl groups excluding tert-OH is 1. The summed E-state index contributed by atoms with van der Waals surface area (Å²) in [5, 5.41) is 8.76. The first kappa shape index (κ1) is 16.3. The van der Waals surface area contributed by atoms with Gasteiger partial charge in [-0.3, -0.25) is 0 Å². The number of benzene rings is 1. The number of hydrogen-bond donors (Lipinski definition) is 1. The Morgan fingerprint density at radius 3 is 2.53 bits per heavy atom. The topological polar surface area (TPSA) is 57.6 Å². The van der Waals surface area contributed by atoms with E-state index in [0.29, 0.717) is 4.31 Å². The van der Waals surface area contributed by atoms with E-state index in [9.17, 15) is 17.2 Å². The number of nitrogens with zero attached hydrogens (tertiary/aromatic N) is 1. The average Bonchev–Trinajstić information content (AvgIpc) is 2.27. The molecule has 0 unspecified atom stereocenters. The van der Waals surface area contributed by atoms with E-state index in [-0.39, 0.29) is 9.92 Å². The molecule has 8 heteroatoms. The van der Waals surface area contributed by atoms with E-state index < -0.39 is 36.1 Å². The summed E-state index contributed by atoms with van der Waals surface area (Å²) in [6, 6.07) is 4.23. The highest BCUT2D eigenvalue weighted by molar-refractivity contribution is 7.89. The second kappa shape index (κ2) is 6.60. The van der Waals surface area contributed by atoms with Crippen molar-refractivity contribution in [2.45, 2.75) is 18.2 Å². The van der Waals surface area contributed by atoms with Crippen LogP contribution in [0.2, 0.25) is 5.02 Å². The summed E-state index contributed by atoms with van der Waals surface area (Å²) >= 11 is 5.84. The minimum Gasteiger partial charge on any atom is -0.395 e. The van der Waals surface area contributed by atoms with Gasteiger partial charge in [0.15, 0.2) is 0 Å². The quantitative estimate of drug-likeness (QED) is 0.872. The number of hydrogen-bond acceptors (Lipinski definition) is 3. The van der Waals surface area contributed by atoms with E-state index in [2.05, 4.69) is 0 Å². The van der Waals surface area contributed by atoms with Crippen LogP contribution in [-0.4, -0.2) is 44.0 Å². The molecule has 0 aromatic heterocycles. The molecule has 1 aromatic carbocycles. The van der Waals surface area contributed by atoms with Gasteiger partial charge in [0.05, 0.1) is 18.2 Å². The van der Waals surface area contributed by atoms with Crippen LogP contribution in [0.5, 0.6) is 0 Å². The number of sulfonamides is 1. The van der Waals surface area contributed by atoms with Crippen LogP contribution in [-0.2, 0) is 10.0 Å². The Labute approximate surface area is 115 Å². The van der Waals surface area contributed by atoms with Gasteiger partial charge in [-0.25, -0.2) is 17.2 Å². The fourth-order valence-electron chi connectivity index (χ4n) is 1.53. The highest BCUT2D eigenvalue weighted by Gasteiger charge is 2.28. The maximum absolute atomic E-state index is 12.4. The zero-order chi connectivity index (χ0) is 14.6. The van der Waals surface area contributed by atoms with Crippen LogP contribution < -0.4 is 0 Å². The van der Waals surface area contributed by atoms with Crippen LogP contribution in [0.15, 0.2) is 23.1 Å². The lowest BCUT2D eigenvalue weighted by Gasteiger charge is -2.21. The van der Waals surface area contributed by atoms with Gasteiger partial charge in [-0.05, 0) is 24.6 Å². The summed E-state index contributed by atoms with van der Waals surface area (Å²) < 4.78 is 49.7. The molecule has 0 aliphatic heterocycles. The summed E-state index contributed by atoms with van der Waals surface area (Å²) in [4.78, 5) is -0.242. The maximum atomic E-state index is 12.4. The van der Waals surface area contributed by atoms with Gasteiger partial charge >= 0.3 is 0 Å². The third-order valence-electron chi connectivity index (χ3n) is 2.40. The van der Waals surface area contributed by atoms with Crippen molar-refractivity contribution in [1.29, 1.82) is 0 Å². The lowest BCUT2D eigenvalue weighted by atomic mass is 10.2. The number of rotatable bonds is 6. The Bertz CT molecular complexity index is 537. The summed E-state index contributed by atoms with van der Waals surface area (Å²) in [5.41, 5.74) is 0.756. The van der Waals surface area contributed by atoms with Gasteiger partial charge in [0.25, 0.3) is 6.43 Å². The molecule has 0 bridgehead atoms. The van der Waals surface area contributed by atoms with Gasteiger partial charge in [0.1, 0.15) is 4.90 Å². The molecule has 0 radical (unpaired) electrons. The van der Waals surface area contributed by atoms with Gasteiger partial charge in [0.2, 0.25) is 10.0 Å². The van der Waals surface area contributed by atoms with Crippen molar-refractivity contribution in [3.05, 3.63) is 28.8 Å². The largest absolute Gasteiger partial charge is 0.395 e. The summed E-state index contributed by atoms with van der Waals surface area (Å²) in [7, 11) is -4.14. The molecule has 0 saturated carbocycles. The van der Waals surface area contributed by atoms with Gasteiger partial charge in [-0.2, -0.15) is 4.31 Å². The van der Waals surface area contributed by atoms with Crippen LogP contribution >= 0.6 is 11.6 Å². The molecule has 0 spiro atoms. The first-order valence-electron chi connectivity index (χ1n) is 5.44. The third-order valence-corrected chi connectivity index (χ3v) is 4.74. The molecular formula is C11H14ClF2NO3S. The van der Waals surface area contributed by atoms with E-state index in [4.69, 9.17) is 16.7 Å². The van der Waals surface area contributed by atoms with Gasteiger partial charge in [-0.1, -0.05) is 17.7 Å². The molecule has 1 N–H and O–H groups in total. The highest BCUT2D eigenvalue weighted by atomic mass is 35.5. The fourth-order valence-corrected chi connectivity index (χ4v) is 3.51. The Morgan fingerprint density at radius 2 is 2.05 bits per heavy atom. The summed E-state index contributed by atoms with van der Waals surface area (Å²) in [5.74, 6) is 0. The van der Waals surface area contributed by atoms with Gasteiger partial charge in [0, 0.05) is 6.54 Å². The van der Waals surface area contributed by atoms with E-state index >= 15 is 0 Å². The van der Waals surface area contributed by atoms with Crippen molar-refractivity contribution < 1.29 is 22.3 Å². The van der Waals surface area contributed by atoms with E-state index in [1.54, 1.807) is 6.92 Å². The van der Waals surface area contributed by atoms with Gasteiger partial charge in [-0.15, -0.1) is 0 Å². The number of alkyl halides is 2. The standard InChI is InChI=1S/C11H14ClF2NO3S/c1-8-2-3-10(9(12)6-8)19(17,18)15(4-5-16)7-11(13)14/h2-3,6,11,16H,4-5,7H2,1H3. The number of aryl methyl sites for hydroxylation is 1. The third kappa shape index (κ3) is 4.10. The van der Waals surface area contributed by atoms with E-state index in [1.807, 2.05) is 0 Å². The molecule has 0 aliphatic rings. The molecule has 1 rings (SSSR count).